The quantitative estimate of drug-likeness (QED) is 0.659. The van der Waals surface area contributed by atoms with Gasteiger partial charge in [0.1, 0.15) is 5.82 Å². The predicted molar refractivity (Wildman–Crippen MR) is 75.9 cm³/mol. The Morgan fingerprint density at radius 1 is 1.40 bits per heavy atom. The molecule has 0 bridgehead atoms. The standard InChI is InChI=1S/C15H21FN2O2/c1-11(12-5-3-2-4-6-12)17-10-13-9-14(16)7-8-15(13)18(19)20/h7-9,11-12,17H,2-6,10H2,1H3/t11-/m1/s1. The van der Waals surface area contributed by atoms with Crippen LogP contribution in [0.3, 0.4) is 0 Å². The third kappa shape index (κ3) is 3.76. The van der Waals surface area contributed by atoms with Crippen LogP contribution in [-0.2, 0) is 6.54 Å². The van der Waals surface area contributed by atoms with Gasteiger partial charge in [0.2, 0.25) is 0 Å². The number of halogens is 1. The van der Waals surface area contributed by atoms with Crippen LogP contribution >= 0.6 is 0 Å². The molecule has 1 N–H and O–H groups in total. The first kappa shape index (κ1) is 14.9. The monoisotopic (exact) mass is 280 g/mol. The minimum absolute atomic E-state index is 0.0188. The SMILES string of the molecule is C[C@@H](NCc1cc(F)ccc1[N+](=O)[O-])C1CCCCC1. The van der Waals surface area contributed by atoms with Crippen molar-refractivity contribution in [3.05, 3.63) is 39.7 Å². The second-order valence-corrected chi connectivity index (χ2v) is 5.60. The number of hydrogen-bond donors (Lipinski definition) is 1. The van der Waals surface area contributed by atoms with E-state index in [0.717, 1.165) is 6.07 Å². The number of nitrogens with zero attached hydrogens (tertiary/aromatic N) is 1. The van der Waals surface area contributed by atoms with Crippen molar-refractivity contribution in [2.24, 2.45) is 5.92 Å². The summed E-state index contributed by atoms with van der Waals surface area (Å²) in [5.74, 6) is 0.189. The van der Waals surface area contributed by atoms with Gasteiger partial charge in [-0.3, -0.25) is 10.1 Å². The second-order valence-electron chi connectivity index (χ2n) is 5.60. The first-order valence-electron chi connectivity index (χ1n) is 7.24. The highest BCUT2D eigenvalue weighted by molar-refractivity contribution is 5.40. The molecular weight excluding hydrogens is 259 g/mol. The molecule has 1 aliphatic carbocycles. The topological polar surface area (TPSA) is 55.2 Å². The van der Waals surface area contributed by atoms with Crippen LogP contribution in [0, 0.1) is 21.8 Å². The molecule has 5 heteroatoms. The summed E-state index contributed by atoms with van der Waals surface area (Å²) in [4.78, 5) is 10.5. The third-order valence-electron chi connectivity index (χ3n) is 4.21. The molecule has 1 aliphatic rings. The molecule has 1 saturated carbocycles. The van der Waals surface area contributed by atoms with E-state index >= 15 is 0 Å². The van der Waals surface area contributed by atoms with Crippen LogP contribution in [-0.4, -0.2) is 11.0 Å². The van der Waals surface area contributed by atoms with E-state index in [1.807, 2.05) is 0 Å². The Bertz CT molecular complexity index is 473. The number of hydrogen-bond acceptors (Lipinski definition) is 3. The summed E-state index contributed by atoms with van der Waals surface area (Å²) < 4.78 is 13.2. The van der Waals surface area contributed by atoms with Crippen LogP contribution < -0.4 is 5.32 Å². The van der Waals surface area contributed by atoms with Gasteiger partial charge in [0.25, 0.3) is 5.69 Å². The van der Waals surface area contributed by atoms with E-state index in [-0.39, 0.29) is 5.69 Å². The van der Waals surface area contributed by atoms with E-state index in [0.29, 0.717) is 24.1 Å². The van der Waals surface area contributed by atoms with Crippen molar-refractivity contribution in [1.29, 1.82) is 0 Å². The minimum atomic E-state index is -0.457. The lowest BCUT2D eigenvalue weighted by Crippen LogP contribution is -2.34. The van der Waals surface area contributed by atoms with E-state index in [4.69, 9.17) is 0 Å². The summed E-state index contributed by atoms with van der Waals surface area (Å²) in [5.41, 5.74) is 0.396. The zero-order chi connectivity index (χ0) is 14.5. The molecule has 1 atom stereocenters. The minimum Gasteiger partial charge on any atom is -0.310 e. The highest BCUT2D eigenvalue weighted by Gasteiger charge is 2.21. The number of rotatable bonds is 5. The van der Waals surface area contributed by atoms with Crippen molar-refractivity contribution >= 4 is 5.69 Å². The fourth-order valence-corrected chi connectivity index (χ4v) is 2.95. The lowest BCUT2D eigenvalue weighted by Gasteiger charge is -2.28. The lowest BCUT2D eigenvalue weighted by molar-refractivity contribution is -0.385. The fourth-order valence-electron chi connectivity index (χ4n) is 2.95. The molecule has 20 heavy (non-hydrogen) atoms. The summed E-state index contributed by atoms with van der Waals surface area (Å²) in [6.07, 6.45) is 6.24. The smallest absolute Gasteiger partial charge is 0.274 e. The van der Waals surface area contributed by atoms with E-state index in [2.05, 4.69) is 12.2 Å². The number of nitrogens with one attached hydrogen (secondary N) is 1. The van der Waals surface area contributed by atoms with Gasteiger partial charge in [-0.05, 0) is 37.8 Å². The van der Waals surface area contributed by atoms with Crippen molar-refractivity contribution in [1.82, 2.24) is 5.32 Å². The van der Waals surface area contributed by atoms with Gasteiger partial charge in [-0.1, -0.05) is 19.3 Å². The van der Waals surface area contributed by atoms with Crippen molar-refractivity contribution < 1.29 is 9.31 Å². The Balaban J connectivity index is 1.99. The molecule has 1 aromatic carbocycles. The maximum atomic E-state index is 13.2. The number of nitro benzene ring substituents is 1. The highest BCUT2D eigenvalue weighted by Crippen LogP contribution is 2.27. The van der Waals surface area contributed by atoms with Gasteiger partial charge < -0.3 is 5.32 Å². The molecule has 110 valence electrons. The van der Waals surface area contributed by atoms with E-state index in [9.17, 15) is 14.5 Å². The summed E-state index contributed by atoms with van der Waals surface area (Å²) in [6, 6.07) is 3.92. The fraction of sp³-hybridized carbons (Fsp3) is 0.600. The zero-order valence-electron chi connectivity index (χ0n) is 11.8. The summed E-state index contributed by atoms with van der Waals surface area (Å²) in [7, 11) is 0. The van der Waals surface area contributed by atoms with Crippen molar-refractivity contribution in [2.45, 2.75) is 51.6 Å². The molecular formula is C15H21FN2O2. The molecule has 1 fully saturated rings. The van der Waals surface area contributed by atoms with Crippen LogP contribution in [0.5, 0.6) is 0 Å². The van der Waals surface area contributed by atoms with E-state index in [1.54, 1.807) is 0 Å². The van der Waals surface area contributed by atoms with Gasteiger partial charge in [-0.25, -0.2) is 4.39 Å². The third-order valence-corrected chi connectivity index (χ3v) is 4.21. The second kappa shape index (κ2) is 6.79. The Kier molecular flexibility index (Phi) is 5.06. The summed E-state index contributed by atoms with van der Waals surface area (Å²) in [6.45, 7) is 2.45. The molecule has 0 aliphatic heterocycles. The molecule has 1 aromatic rings. The molecule has 0 amide bonds. The van der Waals surface area contributed by atoms with Gasteiger partial charge >= 0.3 is 0 Å². The number of benzene rings is 1. The van der Waals surface area contributed by atoms with Crippen LogP contribution in [0.15, 0.2) is 18.2 Å². The van der Waals surface area contributed by atoms with E-state index in [1.165, 1.54) is 44.2 Å². The molecule has 0 aromatic heterocycles. The van der Waals surface area contributed by atoms with Gasteiger partial charge in [-0.15, -0.1) is 0 Å². The first-order valence-corrected chi connectivity index (χ1v) is 7.24. The summed E-state index contributed by atoms with van der Waals surface area (Å²) >= 11 is 0. The molecule has 0 heterocycles. The first-order chi connectivity index (χ1) is 9.58. The molecule has 4 nitrogen and oxygen atoms in total. The van der Waals surface area contributed by atoms with E-state index < -0.39 is 10.7 Å². The maximum absolute atomic E-state index is 13.2. The van der Waals surface area contributed by atoms with Crippen LogP contribution in [0.2, 0.25) is 0 Å². The van der Waals surface area contributed by atoms with Crippen LogP contribution in [0.1, 0.15) is 44.6 Å². The Morgan fingerprint density at radius 2 is 2.10 bits per heavy atom. The Hall–Kier alpha value is -1.49. The summed E-state index contributed by atoms with van der Waals surface area (Å²) in [5, 5.41) is 14.3. The Labute approximate surface area is 118 Å². The molecule has 0 spiro atoms. The van der Waals surface area contributed by atoms with Gasteiger partial charge in [0.05, 0.1) is 4.92 Å². The number of nitro groups is 1. The van der Waals surface area contributed by atoms with Gasteiger partial charge in [0.15, 0.2) is 0 Å². The molecule has 0 unspecified atom stereocenters. The highest BCUT2D eigenvalue weighted by atomic mass is 19.1. The average molecular weight is 280 g/mol. The Morgan fingerprint density at radius 3 is 2.75 bits per heavy atom. The normalized spacial score (nSPS) is 17.9. The average Bonchev–Trinajstić information content (AvgIpc) is 2.45. The maximum Gasteiger partial charge on any atom is 0.274 e. The molecule has 0 radical (unpaired) electrons. The predicted octanol–water partition coefficient (Wildman–Crippen LogP) is 3.79. The largest absolute Gasteiger partial charge is 0.310 e. The van der Waals surface area contributed by atoms with Crippen molar-refractivity contribution in [3.8, 4) is 0 Å². The van der Waals surface area contributed by atoms with Crippen LogP contribution in [0.25, 0.3) is 0 Å². The lowest BCUT2D eigenvalue weighted by atomic mass is 9.84. The van der Waals surface area contributed by atoms with Gasteiger partial charge in [-0.2, -0.15) is 0 Å². The van der Waals surface area contributed by atoms with Crippen molar-refractivity contribution in [2.75, 3.05) is 0 Å². The zero-order valence-corrected chi connectivity index (χ0v) is 11.8. The van der Waals surface area contributed by atoms with Crippen LogP contribution in [0.4, 0.5) is 10.1 Å². The van der Waals surface area contributed by atoms with Crippen molar-refractivity contribution in [3.63, 3.8) is 0 Å². The molecule has 0 saturated heterocycles. The molecule has 2 rings (SSSR count). The van der Waals surface area contributed by atoms with Gasteiger partial charge in [0, 0.05) is 24.2 Å².